The van der Waals surface area contributed by atoms with Gasteiger partial charge in [-0.3, -0.25) is 4.99 Å². The molecule has 0 amide bonds. The van der Waals surface area contributed by atoms with E-state index >= 15 is 0 Å². The summed E-state index contributed by atoms with van der Waals surface area (Å²) in [6.45, 7) is 13.8. The molecule has 0 aromatic carbocycles. The van der Waals surface area contributed by atoms with Crippen molar-refractivity contribution in [3.8, 4) is 0 Å². The zero-order valence-corrected chi connectivity index (χ0v) is 10.2. The molecule has 0 fully saturated rings. The highest BCUT2D eigenvalue weighted by Gasteiger charge is 2.05. The third-order valence-electron chi connectivity index (χ3n) is 2.65. The van der Waals surface area contributed by atoms with Gasteiger partial charge < -0.3 is 0 Å². The van der Waals surface area contributed by atoms with E-state index in [0.29, 0.717) is 5.92 Å². The summed E-state index contributed by atoms with van der Waals surface area (Å²) in [5.74, 6) is 1.53. The van der Waals surface area contributed by atoms with Gasteiger partial charge in [0.1, 0.15) is 0 Å². The van der Waals surface area contributed by atoms with Gasteiger partial charge in [0.2, 0.25) is 0 Å². The second-order valence-corrected chi connectivity index (χ2v) is 4.36. The van der Waals surface area contributed by atoms with Crippen LogP contribution in [0.1, 0.15) is 47.0 Å². The number of nitrogens with zero attached hydrogens (tertiary/aromatic N) is 1. The smallest absolute Gasteiger partial charge is 0.0415 e. The Balaban J connectivity index is 3.67. The van der Waals surface area contributed by atoms with Crippen LogP contribution in [0.2, 0.25) is 0 Å². The van der Waals surface area contributed by atoms with Gasteiger partial charge in [-0.2, -0.15) is 0 Å². The van der Waals surface area contributed by atoms with E-state index in [9.17, 15) is 0 Å². The van der Waals surface area contributed by atoms with Crippen LogP contribution >= 0.6 is 0 Å². The lowest BCUT2D eigenvalue weighted by atomic mass is 9.95. The molecule has 0 rings (SSSR count). The fraction of sp³-hybridized carbons (Fsp3) is 0.769. The van der Waals surface area contributed by atoms with Gasteiger partial charge in [0.05, 0.1) is 0 Å². The molecule has 0 N–H and O–H groups in total. The van der Waals surface area contributed by atoms with Crippen molar-refractivity contribution in [1.82, 2.24) is 0 Å². The quantitative estimate of drug-likeness (QED) is 0.542. The first kappa shape index (κ1) is 13.4. The largest absolute Gasteiger partial charge is 0.293 e. The standard InChI is InChI=1S/C13H25N/c1-6-11(3)8-13(5)10-14-9-12(4)7-2/h9,11,13H,4,6-8,10H2,1-3,5H3/b14-9-/t11?,13-/m1/s1. The molecule has 0 aliphatic carbocycles. The second kappa shape index (κ2) is 7.78. The van der Waals surface area contributed by atoms with Crippen LogP contribution in [0.25, 0.3) is 0 Å². The van der Waals surface area contributed by atoms with E-state index in [1.54, 1.807) is 0 Å². The van der Waals surface area contributed by atoms with Crippen molar-refractivity contribution in [3.05, 3.63) is 12.2 Å². The van der Waals surface area contributed by atoms with Crippen LogP contribution in [0.5, 0.6) is 0 Å². The van der Waals surface area contributed by atoms with Gasteiger partial charge in [-0.25, -0.2) is 0 Å². The third-order valence-corrected chi connectivity index (χ3v) is 2.65. The molecule has 0 aromatic heterocycles. The van der Waals surface area contributed by atoms with Gasteiger partial charge in [-0.15, -0.1) is 0 Å². The normalized spacial score (nSPS) is 15.7. The molecule has 0 radical (unpaired) electrons. The molecule has 1 heteroatoms. The van der Waals surface area contributed by atoms with Crippen LogP contribution in [0.4, 0.5) is 0 Å². The Morgan fingerprint density at radius 1 is 1.29 bits per heavy atom. The van der Waals surface area contributed by atoms with Crippen molar-refractivity contribution >= 4 is 6.21 Å². The topological polar surface area (TPSA) is 12.4 Å². The van der Waals surface area contributed by atoms with Crippen molar-refractivity contribution in [2.75, 3.05) is 6.54 Å². The van der Waals surface area contributed by atoms with Gasteiger partial charge in [0.25, 0.3) is 0 Å². The highest BCUT2D eigenvalue weighted by Crippen LogP contribution is 2.14. The second-order valence-electron chi connectivity index (χ2n) is 4.36. The van der Waals surface area contributed by atoms with Crippen LogP contribution in [0.3, 0.4) is 0 Å². The average molecular weight is 195 g/mol. The molecule has 0 spiro atoms. The van der Waals surface area contributed by atoms with Crippen molar-refractivity contribution in [1.29, 1.82) is 0 Å². The third kappa shape index (κ3) is 6.88. The number of rotatable bonds is 7. The van der Waals surface area contributed by atoms with Gasteiger partial charge >= 0.3 is 0 Å². The fourth-order valence-electron chi connectivity index (χ4n) is 1.38. The van der Waals surface area contributed by atoms with E-state index < -0.39 is 0 Å². The molecule has 1 unspecified atom stereocenters. The van der Waals surface area contributed by atoms with E-state index in [-0.39, 0.29) is 0 Å². The molecule has 0 aliphatic heterocycles. The van der Waals surface area contributed by atoms with E-state index in [1.165, 1.54) is 12.8 Å². The lowest BCUT2D eigenvalue weighted by Gasteiger charge is -2.13. The number of hydrogen-bond donors (Lipinski definition) is 0. The van der Waals surface area contributed by atoms with Crippen LogP contribution in [-0.2, 0) is 0 Å². The Bertz CT molecular complexity index is 182. The van der Waals surface area contributed by atoms with Gasteiger partial charge in [-0.05, 0) is 30.3 Å². The molecule has 1 nitrogen and oxygen atoms in total. The summed E-state index contributed by atoms with van der Waals surface area (Å²) >= 11 is 0. The van der Waals surface area contributed by atoms with Crippen molar-refractivity contribution < 1.29 is 0 Å². The zero-order chi connectivity index (χ0) is 11.0. The van der Waals surface area contributed by atoms with Crippen LogP contribution < -0.4 is 0 Å². The maximum atomic E-state index is 4.40. The summed E-state index contributed by atoms with van der Waals surface area (Å²) < 4.78 is 0. The van der Waals surface area contributed by atoms with Crippen molar-refractivity contribution in [2.24, 2.45) is 16.8 Å². The van der Waals surface area contributed by atoms with Gasteiger partial charge in [0.15, 0.2) is 0 Å². The molecule has 0 saturated carbocycles. The lowest BCUT2D eigenvalue weighted by molar-refractivity contribution is 0.413. The number of aliphatic imine (C=N–C) groups is 1. The molecule has 0 aromatic rings. The Labute approximate surface area is 89.3 Å². The summed E-state index contributed by atoms with van der Waals surface area (Å²) in [5, 5.41) is 0. The van der Waals surface area contributed by atoms with Crippen molar-refractivity contribution in [3.63, 3.8) is 0 Å². The van der Waals surface area contributed by atoms with E-state index in [1.807, 2.05) is 6.21 Å². The first-order valence-corrected chi connectivity index (χ1v) is 5.77. The SMILES string of the molecule is C=C(/C=N\C[C@H](C)CC(C)CC)CC. The molecule has 82 valence electrons. The van der Waals surface area contributed by atoms with Crippen LogP contribution in [-0.4, -0.2) is 12.8 Å². The van der Waals surface area contributed by atoms with E-state index in [0.717, 1.165) is 24.5 Å². The first-order chi connectivity index (χ1) is 6.60. The molecular weight excluding hydrogens is 170 g/mol. The molecule has 0 heterocycles. The minimum atomic E-state index is 0.700. The molecular formula is C13H25N. The Morgan fingerprint density at radius 2 is 1.93 bits per heavy atom. The van der Waals surface area contributed by atoms with Crippen molar-refractivity contribution in [2.45, 2.75) is 47.0 Å². The predicted octanol–water partition coefficient (Wildman–Crippen LogP) is 4.10. The van der Waals surface area contributed by atoms with E-state index in [4.69, 9.17) is 0 Å². The predicted molar refractivity (Wildman–Crippen MR) is 66.0 cm³/mol. The Hall–Kier alpha value is -0.590. The fourth-order valence-corrected chi connectivity index (χ4v) is 1.38. The Kier molecular flexibility index (Phi) is 7.45. The highest BCUT2D eigenvalue weighted by molar-refractivity contribution is 5.77. The first-order valence-electron chi connectivity index (χ1n) is 5.77. The van der Waals surface area contributed by atoms with Gasteiger partial charge in [-0.1, -0.05) is 40.7 Å². The maximum absolute atomic E-state index is 4.40. The highest BCUT2D eigenvalue weighted by atomic mass is 14.7. The summed E-state index contributed by atoms with van der Waals surface area (Å²) in [6, 6.07) is 0. The number of hydrogen-bond acceptors (Lipinski definition) is 1. The molecule has 14 heavy (non-hydrogen) atoms. The minimum absolute atomic E-state index is 0.700. The average Bonchev–Trinajstić information content (AvgIpc) is 2.17. The van der Waals surface area contributed by atoms with Crippen LogP contribution in [0.15, 0.2) is 17.1 Å². The molecule has 0 aliphatic rings. The Morgan fingerprint density at radius 3 is 2.43 bits per heavy atom. The monoisotopic (exact) mass is 195 g/mol. The maximum Gasteiger partial charge on any atom is 0.0415 e. The molecule has 0 bridgehead atoms. The lowest BCUT2D eigenvalue weighted by Crippen LogP contribution is -2.05. The van der Waals surface area contributed by atoms with E-state index in [2.05, 4.69) is 39.3 Å². The summed E-state index contributed by atoms with van der Waals surface area (Å²) in [7, 11) is 0. The minimum Gasteiger partial charge on any atom is -0.293 e. The summed E-state index contributed by atoms with van der Waals surface area (Å²) in [6.07, 6.45) is 5.48. The zero-order valence-electron chi connectivity index (χ0n) is 10.2. The summed E-state index contributed by atoms with van der Waals surface area (Å²) in [5.41, 5.74) is 1.13. The summed E-state index contributed by atoms with van der Waals surface area (Å²) in [4.78, 5) is 4.40. The van der Waals surface area contributed by atoms with Crippen LogP contribution in [0, 0.1) is 11.8 Å². The molecule has 2 atom stereocenters. The number of allylic oxidation sites excluding steroid dienone is 1. The molecule has 0 saturated heterocycles. The van der Waals surface area contributed by atoms with Gasteiger partial charge in [0, 0.05) is 12.8 Å².